The Morgan fingerprint density at radius 2 is 2.15 bits per heavy atom. The molecule has 7 nitrogen and oxygen atoms in total. The first kappa shape index (κ1) is 19.3. The Morgan fingerprint density at radius 1 is 1.37 bits per heavy atom. The Hall–Kier alpha value is -2.45. The Morgan fingerprint density at radius 3 is 2.85 bits per heavy atom. The minimum Gasteiger partial charge on any atom is -0.379 e. The summed E-state index contributed by atoms with van der Waals surface area (Å²) >= 11 is 1.51. The van der Waals surface area contributed by atoms with E-state index in [1.54, 1.807) is 13.3 Å². The number of nitrogens with one attached hydrogen (secondary N) is 1. The monoisotopic (exact) mass is 388 g/mol. The van der Waals surface area contributed by atoms with Gasteiger partial charge < -0.3 is 20.7 Å². The molecule has 1 saturated heterocycles. The first-order valence-corrected chi connectivity index (χ1v) is 9.79. The van der Waals surface area contributed by atoms with E-state index >= 15 is 0 Å². The predicted octanol–water partition coefficient (Wildman–Crippen LogP) is 1.92. The topological polar surface area (TPSA) is 97.6 Å². The molecule has 1 fully saturated rings. The number of primary amides is 1. The molecule has 8 heteroatoms. The Labute approximate surface area is 162 Å². The summed E-state index contributed by atoms with van der Waals surface area (Å²) in [5.74, 6) is 0.436. The number of piperidine rings is 1. The highest BCUT2D eigenvalue weighted by Gasteiger charge is 2.25. The van der Waals surface area contributed by atoms with E-state index in [4.69, 9.17) is 10.5 Å². The van der Waals surface area contributed by atoms with Crippen molar-refractivity contribution in [1.29, 1.82) is 0 Å². The summed E-state index contributed by atoms with van der Waals surface area (Å²) < 4.78 is 5.14. The van der Waals surface area contributed by atoms with Crippen LogP contribution in [-0.4, -0.2) is 37.0 Å². The Kier molecular flexibility index (Phi) is 6.41. The molecule has 0 aliphatic carbocycles. The number of aromatic nitrogens is 1. The van der Waals surface area contributed by atoms with Crippen LogP contribution in [0.5, 0.6) is 0 Å². The van der Waals surface area contributed by atoms with Gasteiger partial charge in [0, 0.05) is 49.3 Å². The fourth-order valence-electron chi connectivity index (χ4n) is 3.29. The van der Waals surface area contributed by atoms with Crippen molar-refractivity contribution in [3.05, 3.63) is 45.8 Å². The van der Waals surface area contributed by atoms with Gasteiger partial charge in [-0.2, -0.15) is 0 Å². The average molecular weight is 388 g/mol. The second-order valence-electron chi connectivity index (χ2n) is 6.52. The largest absolute Gasteiger partial charge is 0.379 e. The van der Waals surface area contributed by atoms with Gasteiger partial charge in [0.1, 0.15) is 5.82 Å². The number of carbonyl (C=O) groups is 2. The molecular formula is C19H24N4O3S. The summed E-state index contributed by atoms with van der Waals surface area (Å²) in [6.07, 6.45) is 3.20. The predicted molar refractivity (Wildman–Crippen MR) is 105 cm³/mol. The van der Waals surface area contributed by atoms with E-state index < -0.39 is 0 Å². The van der Waals surface area contributed by atoms with Crippen LogP contribution in [0.2, 0.25) is 0 Å². The van der Waals surface area contributed by atoms with Gasteiger partial charge in [0.15, 0.2) is 0 Å². The third kappa shape index (κ3) is 4.64. The van der Waals surface area contributed by atoms with E-state index in [-0.39, 0.29) is 17.7 Å². The Balaban J connectivity index is 1.65. The van der Waals surface area contributed by atoms with Crippen molar-refractivity contribution >= 4 is 29.0 Å². The third-order valence-electron chi connectivity index (χ3n) is 4.77. The number of hydrogen-bond acceptors (Lipinski definition) is 6. The molecule has 3 rings (SSSR count). The highest BCUT2D eigenvalue weighted by Crippen LogP contribution is 2.24. The molecule has 0 radical (unpaired) electrons. The van der Waals surface area contributed by atoms with Crippen LogP contribution in [0.1, 0.15) is 33.6 Å². The number of amides is 2. The van der Waals surface area contributed by atoms with Crippen LogP contribution >= 0.6 is 11.3 Å². The standard InChI is InChI=1S/C19H24N4O3S/c1-26-12-16-15(6-10-27-16)19(25)22-11-14-3-2-7-21-18(14)23-8-4-13(5-9-23)17(20)24/h2-3,6-7,10,13H,4-5,8-9,11-12H2,1H3,(H2,20,24)(H,22,25). The van der Waals surface area contributed by atoms with Crippen molar-refractivity contribution in [3.63, 3.8) is 0 Å². The fraction of sp³-hybridized carbons (Fsp3) is 0.421. The minimum atomic E-state index is -0.231. The lowest BCUT2D eigenvalue weighted by Gasteiger charge is -2.32. The molecule has 0 bridgehead atoms. The molecule has 0 spiro atoms. The zero-order valence-corrected chi connectivity index (χ0v) is 16.1. The molecule has 0 saturated carbocycles. The number of anilines is 1. The summed E-state index contributed by atoms with van der Waals surface area (Å²) in [6.45, 7) is 2.27. The maximum absolute atomic E-state index is 12.5. The summed E-state index contributed by atoms with van der Waals surface area (Å²) in [4.78, 5) is 31.5. The van der Waals surface area contributed by atoms with Crippen molar-refractivity contribution in [2.75, 3.05) is 25.1 Å². The van der Waals surface area contributed by atoms with Crippen LogP contribution in [0, 0.1) is 5.92 Å². The molecule has 1 aliphatic heterocycles. The van der Waals surface area contributed by atoms with E-state index in [0.29, 0.717) is 18.7 Å². The molecule has 0 aromatic carbocycles. The average Bonchev–Trinajstić information content (AvgIpc) is 3.15. The second-order valence-corrected chi connectivity index (χ2v) is 7.52. The lowest BCUT2D eigenvalue weighted by atomic mass is 9.96. The summed E-state index contributed by atoms with van der Waals surface area (Å²) in [6, 6.07) is 5.64. The molecule has 0 unspecified atom stereocenters. The molecule has 2 amide bonds. The van der Waals surface area contributed by atoms with Gasteiger partial charge in [-0.15, -0.1) is 11.3 Å². The number of nitrogens with zero attached hydrogens (tertiary/aromatic N) is 2. The van der Waals surface area contributed by atoms with Crippen LogP contribution in [0.15, 0.2) is 29.8 Å². The van der Waals surface area contributed by atoms with Gasteiger partial charge in [0.25, 0.3) is 5.91 Å². The number of thiophene rings is 1. The maximum atomic E-state index is 12.5. The van der Waals surface area contributed by atoms with Gasteiger partial charge in [-0.25, -0.2) is 4.98 Å². The number of methoxy groups -OCH3 is 1. The molecule has 1 aliphatic rings. The van der Waals surface area contributed by atoms with Crippen molar-refractivity contribution < 1.29 is 14.3 Å². The first-order valence-electron chi connectivity index (χ1n) is 8.91. The summed E-state index contributed by atoms with van der Waals surface area (Å²) in [5.41, 5.74) is 7.01. The Bertz CT molecular complexity index is 800. The van der Waals surface area contributed by atoms with Gasteiger partial charge in [-0.05, 0) is 30.4 Å². The van der Waals surface area contributed by atoms with E-state index in [1.807, 2.05) is 23.6 Å². The highest BCUT2D eigenvalue weighted by atomic mass is 32.1. The number of hydrogen-bond donors (Lipinski definition) is 2. The van der Waals surface area contributed by atoms with E-state index in [0.717, 1.165) is 42.2 Å². The van der Waals surface area contributed by atoms with Gasteiger partial charge in [0.05, 0.1) is 12.2 Å². The first-order chi connectivity index (χ1) is 13.1. The van der Waals surface area contributed by atoms with Crippen LogP contribution in [-0.2, 0) is 22.7 Å². The zero-order chi connectivity index (χ0) is 19.2. The number of ether oxygens (including phenoxy) is 1. The van der Waals surface area contributed by atoms with Crippen LogP contribution < -0.4 is 16.0 Å². The zero-order valence-electron chi connectivity index (χ0n) is 15.3. The molecule has 27 heavy (non-hydrogen) atoms. The molecule has 0 atom stereocenters. The van der Waals surface area contributed by atoms with Gasteiger partial charge in [-0.1, -0.05) is 6.07 Å². The molecule has 2 aromatic heterocycles. The smallest absolute Gasteiger partial charge is 0.252 e. The van der Waals surface area contributed by atoms with Crippen LogP contribution in [0.3, 0.4) is 0 Å². The third-order valence-corrected chi connectivity index (χ3v) is 5.66. The summed E-state index contributed by atoms with van der Waals surface area (Å²) in [7, 11) is 1.62. The molecule has 3 N–H and O–H groups in total. The van der Waals surface area contributed by atoms with Crippen molar-refractivity contribution in [2.45, 2.75) is 26.0 Å². The van der Waals surface area contributed by atoms with Gasteiger partial charge in [0.2, 0.25) is 5.91 Å². The van der Waals surface area contributed by atoms with Crippen molar-refractivity contribution in [1.82, 2.24) is 10.3 Å². The lowest BCUT2D eigenvalue weighted by molar-refractivity contribution is -0.122. The number of rotatable bonds is 7. The van der Waals surface area contributed by atoms with Crippen molar-refractivity contribution in [3.8, 4) is 0 Å². The molecule has 3 heterocycles. The molecular weight excluding hydrogens is 364 g/mol. The SMILES string of the molecule is COCc1sccc1C(=O)NCc1cccnc1N1CCC(C(N)=O)CC1. The summed E-state index contributed by atoms with van der Waals surface area (Å²) in [5, 5.41) is 4.87. The minimum absolute atomic E-state index is 0.0640. The van der Waals surface area contributed by atoms with E-state index in [1.165, 1.54) is 11.3 Å². The van der Waals surface area contributed by atoms with Gasteiger partial charge >= 0.3 is 0 Å². The fourth-order valence-corrected chi connectivity index (χ4v) is 4.13. The van der Waals surface area contributed by atoms with E-state index in [9.17, 15) is 9.59 Å². The number of nitrogens with two attached hydrogens (primary N) is 1. The molecule has 2 aromatic rings. The normalized spacial score (nSPS) is 14.9. The van der Waals surface area contributed by atoms with E-state index in [2.05, 4.69) is 15.2 Å². The number of pyridine rings is 1. The van der Waals surface area contributed by atoms with Crippen LogP contribution in [0.4, 0.5) is 5.82 Å². The van der Waals surface area contributed by atoms with Crippen LogP contribution in [0.25, 0.3) is 0 Å². The number of carbonyl (C=O) groups excluding carboxylic acids is 2. The quantitative estimate of drug-likeness (QED) is 0.755. The van der Waals surface area contributed by atoms with Gasteiger partial charge in [-0.3, -0.25) is 9.59 Å². The van der Waals surface area contributed by atoms with Crippen molar-refractivity contribution in [2.24, 2.45) is 11.7 Å². The lowest BCUT2D eigenvalue weighted by Crippen LogP contribution is -2.39. The highest BCUT2D eigenvalue weighted by molar-refractivity contribution is 7.10. The second kappa shape index (κ2) is 8.96. The maximum Gasteiger partial charge on any atom is 0.252 e. The molecule has 144 valence electrons.